The van der Waals surface area contributed by atoms with Crippen molar-refractivity contribution < 1.29 is 4.92 Å². The van der Waals surface area contributed by atoms with E-state index in [0.717, 1.165) is 10.6 Å². The van der Waals surface area contributed by atoms with Gasteiger partial charge in [0, 0.05) is 27.1 Å². The van der Waals surface area contributed by atoms with Gasteiger partial charge in [-0.2, -0.15) is 0 Å². The van der Waals surface area contributed by atoms with Gasteiger partial charge in [-0.3, -0.25) is 14.7 Å². The van der Waals surface area contributed by atoms with Crippen molar-refractivity contribution in [2.24, 2.45) is 0 Å². The maximum absolute atomic E-state index is 11.0. The van der Waals surface area contributed by atoms with Crippen LogP contribution in [0, 0.1) is 14.9 Å². The van der Waals surface area contributed by atoms with Crippen molar-refractivity contribution in [2.75, 3.05) is 0 Å². The van der Waals surface area contributed by atoms with Gasteiger partial charge in [-0.05, 0) is 84.4 Å². The fourth-order valence-corrected chi connectivity index (χ4v) is 4.24. The summed E-state index contributed by atoms with van der Waals surface area (Å²) in [5, 5.41) is 19.0. The second-order valence-corrected chi connectivity index (χ2v) is 9.11. The molecule has 0 unspecified atom stereocenters. The predicted octanol–water partition coefficient (Wildman–Crippen LogP) is 7.93. The number of nitro groups is 1. The number of nitro benzene ring substituents is 1. The summed E-state index contributed by atoms with van der Waals surface area (Å²) < 4.78 is 3.79. The first kappa shape index (κ1) is 24.0. The minimum Gasteiger partial charge on any atom is -0.268 e. The molecule has 1 heterocycles. The Hall–Kier alpha value is -3.17. The third-order valence-electron chi connectivity index (χ3n) is 4.65. The molecule has 0 bridgehead atoms. The lowest BCUT2D eigenvalue weighted by molar-refractivity contribution is -0.384. The van der Waals surface area contributed by atoms with E-state index in [1.807, 2.05) is 60.0 Å². The highest BCUT2D eigenvalue weighted by atomic mass is 35.5. The van der Waals surface area contributed by atoms with Crippen LogP contribution in [0.4, 0.5) is 5.69 Å². The van der Waals surface area contributed by atoms with Gasteiger partial charge in [-0.1, -0.05) is 47.1 Å². The Kier molecular flexibility index (Phi) is 7.64. The van der Waals surface area contributed by atoms with Crippen molar-refractivity contribution in [1.29, 1.82) is 0 Å². The minimum atomic E-state index is -0.440. The zero-order chi connectivity index (χ0) is 24.1. The second-order valence-electron chi connectivity index (χ2n) is 6.90. The molecule has 0 spiro atoms. The van der Waals surface area contributed by atoms with E-state index in [9.17, 15) is 10.1 Å². The Balaban J connectivity index is 1.67. The van der Waals surface area contributed by atoms with Crippen LogP contribution in [0.1, 0.15) is 5.82 Å². The SMILES string of the molecule is O=[N+]([O-])c1ccc(-n2c(/C=C\C=C\Sc3ccc(Cl)cc3)nn(-c3ccc(Cl)cc3)c2=S)cc1. The number of hydrogen-bond acceptors (Lipinski definition) is 5. The molecular formula is C24H16Cl2N4O2S2. The molecule has 10 heteroatoms. The summed E-state index contributed by atoms with van der Waals surface area (Å²) in [5.74, 6) is 0.565. The average Bonchev–Trinajstić information content (AvgIpc) is 3.16. The van der Waals surface area contributed by atoms with Crippen LogP contribution >= 0.6 is 47.2 Å². The molecule has 0 radical (unpaired) electrons. The molecule has 0 amide bonds. The molecule has 3 aromatic carbocycles. The summed E-state index contributed by atoms with van der Waals surface area (Å²) >= 11 is 19.2. The molecule has 0 fully saturated rings. The summed E-state index contributed by atoms with van der Waals surface area (Å²) in [6, 6.07) is 20.9. The van der Waals surface area contributed by atoms with Gasteiger partial charge in [0.2, 0.25) is 4.77 Å². The number of hydrogen-bond donors (Lipinski definition) is 0. The maximum atomic E-state index is 11.0. The second kappa shape index (κ2) is 10.8. The highest BCUT2D eigenvalue weighted by Gasteiger charge is 2.13. The Morgan fingerprint density at radius 3 is 2.09 bits per heavy atom. The molecule has 4 aromatic rings. The van der Waals surface area contributed by atoms with E-state index >= 15 is 0 Å². The molecular weight excluding hydrogens is 511 g/mol. The smallest absolute Gasteiger partial charge is 0.268 e. The summed E-state index contributed by atoms with van der Waals surface area (Å²) in [7, 11) is 0. The lowest BCUT2D eigenvalue weighted by Gasteiger charge is -2.04. The molecule has 170 valence electrons. The van der Waals surface area contributed by atoms with Crippen LogP contribution in [0.25, 0.3) is 17.5 Å². The van der Waals surface area contributed by atoms with Gasteiger partial charge in [0.15, 0.2) is 5.82 Å². The standard InChI is InChI=1S/C24H16Cl2N4O2S2/c25-17-4-8-20(9-5-17)29-24(33)28(19-10-12-21(13-11-19)30(31)32)23(27-29)3-1-2-16-34-22-14-6-18(26)7-15-22/h1-16H/b3-1-,16-2+. The Morgan fingerprint density at radius 1 is 0.882 bits per heavy atom. The number of halogens is 2. The first-order chi connectivity index (χ1) is 16.4. The van der Waals surface area contributed by atoms with Crippen molar-refractivity contribution >= 4 is 58.9 Å². The van der Waals surface area contributed by atoms with Crippen molar-refractivity contribution in [3.8, 4) is 11.4 Å². The number of thioether (sulfide) groups is 1. The number of nitrogens with zero attached hydrogens (tertiary/aromatic N) is 4. The van der Waals surface area contributed by atoms with Crippen LogP contribution in [0.5, 0.6) is 0 Å². The van der Waals surface area contributed by atoms with Gasteiger partial charge < -0.3 is 0 Å². The molecule has 6 nitrogen and oxygen atoms in total. The van der Waals surface area contributed by atoms with Crippen molar-refractivity contribution in [3.05, 3.63) is 121 Å². The molecule has 0 aliphatic heterocycles. The van der Waals surface area contributed by atoms with Crippen LogP contribution in [0.2, 0.25) is 10.0 Å². The van der Waals surface area contributed by atoms with Crippen LogP contribution in [0.15, 0.2) is 95.3 Å². The van der Waals surface area contributed by atoms with E-state index in [1.165, 1.54) is 12.1 Å². The van der Waals surface area contributed by atoms with Crippen LogP contribution < -0.4 is 0 Å². The van der Waals surface area contributed by atoms with E-state index in [-0.39, 0.29) is 5.69 Å². The van der Waals surface area contributed by atoms with E-state index in [2.05, 4.69) is 5.10 Å². The topological polar surface area (TPSA) is 65.9 Å². The van der Waals surface area contributed by atoms with E-state index in [1.54, 1.807) is 45.3 Å². The fourth-order valence-electron chi connectivity index (χ4n) is 3.03. The maximum Gasteiger partial charge on any atom is 0.269 e. The minimum absolute atomic E-state index is 0.000360. The normalized spacial score (nSPS) is 11.5. The van der Waals surface area contributed by atoms with Crippen LogP contribution in [0.3, 0.4) is 0 Å². The van der Waals surface area contributed by atoms with Gasteiger partial charge in [-0.25, -0.2) is 4.68 Å². The average molecular weight is 527 g/mol. The first-order valence-electron chi connectivity index (χ1n) is 9.91. The van der Waals surface area contributed by atoms with Crippen LogP contribution in [-0.2, 0) is 0 Å². The molecule has 0 aliphatic rings. The lowest BCUT2D eigenvalue weighted by Crippen LogP contribution is -1.99. The molecule has 34 heavy (non-hydrogen) atoms. The summed E-state index contributed by atoms with van der Waals surface area (Å²) in [5.41, 5.74) is 1.41. The lowest BCUT2D eigenvalue weighted by atomic mass is 10.3. The third kappa shape index (κ3) is 5.66. The fraction of sp³-hybridized carbons (Fsp3) is 0. The number of benzene rings is 3. The highest BCUT2D eigenvalue weighted by molar-refractivity contribution is 8.02. The van der Waals surface area contributed by atoms with Gasteiger partial charge in [0.05, 0.1) is 16.3 Å². The predicted molar refractivity (Wildman–Crippen MR) is 141 cm³/mol. The van der Waals surface area contributed by atoms with Crippen molar-refractivity contribution in [3.63, 3.8) is 0 Å². The Bertz CT molecular complexity index is 1430. The largest absolute Gasteiger partial charge is 0.269 e. The van der Waals surface area contributed by atoms with E-state index in [0.29, 0.717) is 26.3 Å². The van der Waals surface area contributed by atoms with Gasteiger partial charge in [0.1, 0.15) is 0 Å². The van der Waals surface area contributed by atoms with Gasteiger partial charge in [0.25, 0.3) is 5.69 Å². The Morgan fingerprint density at radius 2 is 1.47 bits per heavy atom. The molecule has 4 rings (SSSR count). The summed E-state index contributed by atoms with van der Waals surface area (Å²) in [6.45, 7) is 0. The molecule has 0 saturated heterocycles. The quantitative estimate of drug-likeness (QED) is 0.0803. The van der Waals surface area contributed by atoms with Gasteiger partial charge >= 0.3 is 0 Å². The number of rotatable bonds is 7. The molecule has 0 aliphatic carbocycles. The Labute approximate surface area is 214 Å². The monoisotopic (exact) mass is 526 g/mol. The van der Waals surface area contributed by atoms with E-state index in [4.69, 9.17) is 35.4 Å². The number of aromatic nitrogens is 3. The third-order valence-corrected chi connectivity index (χ3v) is 6.34. The number of allylic oxidation sites excluding steroid dienone is 2. The van der Waals surface area contributed by atoms with Gasteiger partial charge in [-0.15, -0.1) is 5.10 Å². The van der Waals surface area contributed by atoms with Crippen molar-refractivity contribution in [1.82, 2.24) is 14.3 Å². The number of non-ortho nitro benzene ring substituents is 1. The first-order valence-corrected chi connectivity index (χ1v) is 11.9. The molecule has 0 atom stereocenters. The summed E-state index contributed by atoms with van der Waals surface area (Å²) in [4.78, 5) is 11.7. The zero-order valence-electron chi connectivity index (χ0n) is 17.4. The summed E-state index contributed by atoms with van der Waals surface area (Å²) in [6.07, 6.45) is 5.57. The van der Waals surface area contributed by atoms with E-state index < -0.39 is 4.92 Å². The highest BCUT2D eigenvalue weighted by Crippen LogP contribution is 2.23. The van der Waals surface area contributed by atoms with Crippen molar-refractivity contribution in [2.45, 2.75) is 4.90 Å². The molecule has 1 aromatic heterocycles. The molecule has 0 N–H and O–H groups in total. The zero-order valence-corrected chi connectivity index (χ0v) is 20.6. The van der Waals surface area contributed by atoms with Crippen LogP contribution in [-0.4, -0.2) is 19.3 Å². The molecule has 0 saturated carbocycles.